The molecule has 1 saturated carbocycles. The Labute approximate surface area is 123 Å². The minimum absolute atomic E-state index is 0.667. The smallest absolute Gasteiger partial charge is 0.118 e. The molecule has 3 heteroatoms. The van der Waals surface area contributed by atoms with Crippen molar-refractivity contribution in [1.29, 1.82) is 0 Å². The summed E-state index contributed by atoms with van der Waals surface area (Å²) in [6.07, 6.45) is 5.44. The van der Waals surface area contributed by atoms with Gasteiger partial charge in [0.2, 0.25) is 0 Å². The maximum absolute atomic E-state index is 5.78. The largest absolute Gasteiger partial charge is 0.465 e. The van der Waals surface area contributed by atoms with Gasteiger partial charge in [0.25, 0.3) is 0 Å². The summed E-state index contributed by atoms with van der Waals surface area (Å²) in [5, 5.41) is 3.40. The molecule has 1 N–H and O–H groups in total. The summed E-state index contributed by atoms with van der Waals surface area (Å²) in [7, 11) is 0. The Bertz CT molecular complexity index is 394. The Hall–Kier alpha value is -0.800. The van der Waals surface area contributed by atoms with E-state index in [4.69, 9.17) is 9.15 Å². The Balaban J connectivity index is 1.66. The fourth-order valence-electron chi connectivity index (χ4n) is 2.52. The SMILES string of the molecule is Cc1oc(CNCC(C)C)cc1COCCC1CCC1. The molecule has 0 amide bonds. The number of aryl methyl sites for hydroxylation is 1. The van der Waals surface area contributed by atoms with E-state index in [0.717, 1.165) is 37.1 Å². The second kappa shape index (κ2) is 7.84. The van der Waals surface area contributed by atoms with E-state index in [2.05, 4.69) is 25.2 Å². The Morgan fingerprint density at radius 1 is 1.40 bits per heavy atom. The van der Waals surface area contributed by atoms with E-state index in [9.17, 15) is 0 Å². The number of hydrogen-bond acceptors (Lipinski definition) is 3. The zero-order chi connectivity index (χ0) is 14.4. The molecule has 1 aliphatic rings. The third-order valence-electron chi connectivity index (χ3n) is 4.08. The van der Waals surface area contributed by atoms with E-state index in [1.54, 1.807) is 0 Å². The molecule has 0 aromatic carbocycles. The topological polar surface area (TPSA) is 34.4 Å². The summed E-state index contributed by atoms with van der Waals surface area (Å²) < 4.78 is 11.5. The van der Waals surface area contributed by atoms with Crippen LogP contribution in [0.3, 0.4) is 0 Å². The van der Waals surface area contributed by atoms with Gasteiger partial charge in [-0.1, -0.05) is 33.1 Å². The van der Waals surface area contributed by atoms with Crippen LogP contribution in [0.15, 0.2) is 10.5 Å². The zero-order valence-electron chi connectivity index (χ0n) is 13.2. The molecular formula is C17H29NO2. The van der Waals surface area contributed by atoms with Gasteiger partial charge in [-0.25, -0.2) is 0 Å². The van der Waals surface area contributed by atoms with Crippen LogP contribution >= 0.6 is 0 Å². The van der Waals surface area contributed by atoms with E-state index in [0.29, 0.717) is 12.5 Å². The van der Waals surface area contributed by atoms with E-state index >= 15 is 0 Å². The third kappa shape index (κ3) is 4.95. The number of ether oxygens (including phenoxy) is 1. The van der Waals surface area contributed by atoms with Crippen molar-refractivity contribution in [3.05, 3.63) is 23.2 Å². The summed E-state index contributed by atoms with van der Waals surface area (Å²) in [6.45, 7) is 9.84. The van der Waals surface area contributed by atoms with E-state index in [-0.39, 0.29) is 0 Å². The van der Waals surface area contributed by atoms with Crippen LogP contribution in [0.5, 0.6) is 0 Å². The highest BCUT2D eigenvalue weighted by atomic mass is 16.5. The van der Waals surface area contributed by atoms with Crippen molar-refractivity contribution in [2.45, 2.75) is 59.6 Å². The van der Waals surface area contributed by atoms with Gasteiger partial charge in [0.05, 0.1) is 13.2 Å². The standard InChI is InChI=1S/C17H29NO2/c1-13(2)10-18-11-17-9-16(14(3)20-17)12-19-8-7-15-5-4-6-15/h9,13,15,18H,4-8,10-12H2,1-3H3. The van der Waals surface area contributed by atoms with Crippen LogP contribution < -0.4 is 5.32 Å². The molecular weight excluding hydrogens is 250 g/mol. The van der Waals surface area contributed by atoms with Crippen LogP contribution in [0.2, 0.25) is 0 Å². The molecule has 1 aliphatic carbocycles. The van der Waals surface area contributed by atoms with Gasteiger partial charge < -0.3 is 14.5 Å². The monoisotopic (exact) mass is 279 g/mol. The quantitative estimate of drug-likeness (QED) is 0.693. The summed E-state index contributed by atoms with van der Waals surface area (Å²) in [5.41, 5.74) is 1.19. The van der Waals surface area contributed by atoms with Crippen LogP contribution in [0, 0.1) is 18.8 Å². The van der Waals surface area contributed by atoms with Crippen LogP contribution in [-0.4, -0.2) is 13.2 Å². The van der Waals surface area contributed by atoms with Gasteiger partial charge in [-0.2, -0.15) is 0 Å². The lowest BCUT2D eigenvalue weighted by Crippen LogP contribution is -2.18. The Kier molecular flexibility index (Phi) is 6.11. The van der Waals surface area contributed by atoms with Crippen molar-refractivity contribution >= 4 is 0 Å². The van der Waals surface area contributed by atoms with Crippen LogP contribution in [-0.2, 0) is 17.9 Å². The first-order valence-corrected chi connectivity index (χ1v) is 8.01. The third-order valence-corrected chi connectivity index (χ3v) is 4.08. The number of furan rings is 1. The van der Waals surface area contributed by atoms with E-state index in [1.807, 2.05) is 6.92 Å². The van der Waals surface area contributed by atoms with E-state index in [1.165, 1.54) is 31.2 Å². The van der Waals surface area contributed by atoms with Gasteiger partial charge in [0.1, 0.15) is 11.5 Å². The van der Waals surface area contributed by atoms with Crippen molar-refractivity contribution in [1.82, 2.24) is 5.32 Å². The molecule has 20 heavy (non-hydrogen) atoms. The molecule has 1 fully saturated rings. The van der Waals surface area contributed by atoms with E-state index < -0.39 is 0 Å². The molecule has 1 heterocycles. The Morgan fingerprint density at radius 3 is 2.85 bits per heavy atom. The normalized spacial score (nSPS) is 15.8. The van der Waals surface area contributed by atoms with Gasteiger partial charge in [0, 0.05) is 12.2 Å². The second-order valence-electron chi connectivity index (χ2n) is 6.46. The predicted octanol–water partition coefficient (Wildman–Crippen LogP) is 4.04. The van der Waals surface area contributed by atoms with Crippen LogP contribution in [0.1, 0.15) is 56.6 Å². The molecule has 0 unspecified atom stereocenters. The molecule has 0 atom stereocenters. The zero-order valence-corrected chi connectivity index (χ0v) is 13.2. The van der Waals surface area contributed by atoms with Gasteiger partial charge >= 0.3 is 0 Å². The summed E-state index contributed by atoms with van der Waals surface area (Å²) in [6, 6.07) is 2.13. The first kappa shape index (κ1) is 15.6. The fraction of sp³-hybridized carbons (Fsp3) is 0.765. The minimum Gasteiger partial charge on any atom is -0.465 e. The lowest BCUT2D eigenvalue weighted by atomic mass is 9.83. The van der Waals surface area contributed by atoms with Crippen LogP contribution in [0.25, 0.3) is 0 Å². The lowest BCUT2D eigenvalue weighted by molar-refractivity contribution is 0.0942. The maximum atomic E-state index is 5.78. The number of nitrogens with one attached hydrogen (secondary N) is 1. The highest BCUT2D eigenvalue weighted by Crippen LogP contribution is 2.29. The molecule has 3 nitrogen and oxygen atoms in total. The van der Waals surface area contributed by atoms with Gasteiger partial charge in [-0.3, -0.25) is 0 Å². The van der Waals surface area contributed by atoms with Crippen molar-refractivity contribution in [2.75, 3.05) is 13.2 Å². The Morgan fingerprint density at radius 2 is 2.20 bits per heavy atom. The molecule has 2 rings (SSSR count). The molecule has 0 spiro atoms. The first-order valence-electron chi connectivity index (χ1n) is 8.01. The molecule has 0 bridgehead atoms. The molecule has 0 radical (unpaired) electrons. The molecule has 0 saturated heterocycles. The van der Waals surface area contributed by atoms with Crippen molar-refractivity contribution in [2.24, 2.45) is 11.8 Å². The minimum atomic E-state index is 0.667. The van der Waals surface area contributed by atoms with Crippen molar-refractivity contribution < 1.29 is 9.15 Å². The molecule has 1 aromatic heterocycles. The van der Waals surface area contributed by atoms with Gasteiger partial charge in [-0.15, -0.1) is 0 Å². The summed E-state index contributed by atoms with van der Waals surface area (Å²) in [4.78, 5) is 0. The van der Waals surface area contributed by atoms with Crippen molar-refractivity contribution in [3.63, 3.8) is 0 Å². The second-order valence-corrected chi connectivity index (χ2v) is 6.46. The van der Waals surface area contributed by atoms with Crippen LogP contribution in [0.4, 0.5) is 0 Å². The lowest BCUT2D eigenvalue weighted by Gasteiger charge is -2.24. The highest BCUT2D eigenvalue weighted by Gasteiger charge is 2.16. The molecule has 1 aromatic rings. The highest BCUT2D eigenvalue weighted by molar-refractivity contribution is 5.19. The van der Waals surface area contributed by atoms with Gasteiger partial charge in [-0.05, 0) is 37.8 Å². The fourth-order valence-corrected chi connectivity index (χ4v) is 2.52. The maximum Gasteiger partial charge on any atom is 0.118 e. The first-order chi connectivity index (χ1) is 9.65. The molecule has 0 aliphatic heterocycles. The number of hydrogen-bond donors (Lipinski definition) is 1. The summed E-state index contributed by atoms with van der Waals surface area (Å²) in [5.74, 6) is 3.60. The van der Waals surface area contributed by atoms with Crippen molar-refractivity contribution in [3.8, 4) is 0 Å². The predicted molar refractivity (Wildman–Crippen MR) is 81.6 cm³/mol. The number of rotatable bonds is 9. The summed E-state index contributed by atoms with van der Waals surface area (Å²) >= 11 is 0. The average Bonchev–Trinajstić information content (AvgIpc) is 2.67. The average molecular weight is 279 g/mol. The molecule has 114 valence electrons. The van der Waals surface area contributed by atoms with Gasteiger partial charge in [0.15, 0.2) is 0 Å².